The second-order valence-corrected chi connectivity index (χ2v) is 6.18. The summed E-state index contributed by atoms with van der Waals surface area (Å²) in [7, 11) is 0. The fourth-order valence-corrected chi connectivity index (χ4v) is 3.03. The summed E-state index contributed by atoms with van der Waals surface area (Å²) in [5, 5.41) is 7.18. The second kappa shape index (κ2) is 6.21. The number of carbonyl (C=O) groups is 1. The fraction of sp³-hybridized carbons (Fsp3) is 0.312. The minimum absolute atomic E-state index is 0.219. The van der Waals surface area contributed by atoms with Crippen LogP contribution in [0.1, 0.15) is 16.8 Å². The molecule has 1 saturated heterocycles. The number of ether oxygens (including phenoxy) is 1. The van der Waals surface area contributed by atoms with Crippen molar-refractivity contribution in [1.29, 1.82) is 0 Å². The number of hydrogen-bond donors (Lipinski definition) is 2. The van der Waals surface area contributed by atoms with Gasteiger partial charge < -0.3 is 19.5 Å². The van der Waals surface area contributed by atoms with Gasteiger partial charge in [-0.15, -0.1) is 0 Å². The first-order valence-corrected chi connectivity index (χ1v) is 8.13. The van der Waals surface area contributed by atoms with Crippen molar-refractivity contribution in [3.05, 3.63) is 40.9 Å². The van der Waals surface area contributed by atoms with Gasteiger partial charge >= 0.3 is 0 Å². The van der Waals surface area contributed by atoms with Crippen LogP contribution in [0.3, 0.4) is 0 Å². The number of nitrogens with one attached hydrogen (secondary N) is 2. The van der Waals surface area contributed by atoms with Crippen molar-refractivity contribution >= 4 is 35.0 Å². The maximum absolute atomic E-state index is 12.5. The van der Waals surface area contributed by atoms with Crippen LogP contribution in [-0.2, 0) is 11.3 Å². The summed E-state index contributed by atoms with van der Waals surface area (Å²) in [4.78, 5) is 15.7. The number of H-pyrrole nitrogens is 1. The standard InChI is InChI=1S/C16H16N4O3S/c21-15(11-1-2-12-13(7-11)23-16(24)18-12)19-14-3-5-17-20(14)8-10-4-6-22-9-10/h1-3,5,7,10H,4,6,8-9H2,(H,18,24)(H,19,21). The molecule has 4 rings (SSSR count). The Labute approximate surface area is 142 Å². The van der Waals surface area contributed by atoms with Gasteiger partial charge in [-0.3, -0.25) is 4.79 Å². The van der Waals surface area contributed by atoms with Crippen LogP contribution >= 0.6 is 12.2 Å². The molecule has 2 aromatic heterocycles. The second-order valence-electron chi connectivity index (χ2n) is 5.81. The Morgan fingerprint density at radius 1 is 1.46 bits per heavy atom. The topological polar surface area (TPSA) is 85.1 Å². The van der Waals surface area contributed by atoms with Gasteiger partial charge in [0.25, 0.3) is 10.7 Å². The monoisotopic (exact) mass is 344 g/mol. The summed E-state index contributed by atoms with van der Waals surface area (Å²) in [6, 6.07) is 6.96. The molecular formula is C16H16N4O3S. The Morgan fingerprint density at radius 3 is 3.21 bits per heavy atom. The average Bonchev–Trinajstić information content (AvgIpc) is 3.28. The van der Waals surface area contributed by atoms with Gasteiger partial charge in [-0.1, -0.05) is 0 Å². The molecule has 1 aliphatic heterocycles. The van der Waals surface area contributed by atoms with Crippen molar-refractivity contribution in [2.75, 3.05) is 18.5 Å². The lowest BCUT2D eigenvalue weighted by Crippen LogP contribution is -2.18. The van der Waals surface area contributed by atoms with Crippen LogP contribution in [-0.4, -0.2) is 33.9 Å². The van der Waals surface area contributed by atoms with E-state index in [1.54, 1.807) is 35.1 Å². The highest BCUT2D eigenvalue weighted by molar-refractivity contribution is 7.71. The van der Waals surface area contributed by atoms with E-state index >= 15 is 0 Å². The summed E-state index contributed by atoms with van der Waals surface area (Å²) in [6.07, 6.45) is 2.70. The molecule has 2 N–H and O–H groups in total. The van der Waals surface area contributed by atoms with Gasteiger partial charge in [0.15, 0.2) is 5.58 Å². The first-order valence-electron chi connectivity index (χ1n) is 7.73. The van der Waals surface area contributed by atoms with E-state index in [0.29, 0.717) is 27.7 Å². The van der Waals surface area contributed by atoms with Crippen molar-refractivity contribution in [2.24, 2.45) is 5.92 Å². The Balaban J connectivity index is 1.52. The third kappa shape index (κ3) is 2.98. The smallest absolute Gasteiger partial charge is 0.266 e. The molecule has 0 spiro atoms. The van der Waals surface area contributed by atoms with E-state index in [4.69, 9.17) is 21.4 Å². The number of fused-ring (bicyclic) bond motifs is 1. The lowest BCUT2D eigenvalue weighted by Gasteiger charge is -2.12. The molecule has 1 unspecified atom stereocenters. The molecule has 24 heavy (non-hydrogen) atoms. The fourth-order valence-electron chi connectivity index (χ4n) is 2.83. The van der Waals surface area contributed by atoms with E-state index in [9.17, 15) is 4.79 Å². The minimum atomic E-state index is -0.219. The zero-order valence-electron chi connectivity index (χ0n) is 12.8. The van der Waals surface area contributed by atoms with Crippen LogP contribution < -0.4 is 5.32 Å². The maximum atomic E-state index is 12.5. The van der Waals surface area contributed by atoms with E-state index in [2.05, 4.69) is 15.4 Å². The van der Waals surface area contributed by atoms with Crippen LogP contribution in [0.2, 0.25) is 0 Å². The van der Waals surface area contributed by atoms with Crippen LogP contribution in [0.25, 0.3) is 11.1 Å². The van der Waals surface area contributed by atoms with Gasteiger partial charge in [0, 0.05) is 30.7 Å². The largest absolute Gasteiger partial charge is 0.429 e. The molecule has 8 heteroatoms. The van der Waals surface area contributed by atoms with Crippen LogP contribution in [0, 0.1) is 10.8 Å². The van der Waals surface area contributed by atoms with Gasteiger partial charge in [-0.2, -0.15) is 5.10 Å². The number of amides is 1. The maximum Gasteiger partial charge on any atom is 0.266 e. The third-order valence-electron chi connectivity index (χ3n) is 4.10. The van der Waals surface area contributed by atoms with E-state index in [0.717, 1.165) is 31.7 Å². The predicted molar refractivity (Wildman–Crippen MR) is 90.5 cm³/mol. The highest BCUT2D eigenvalue weighted by Gasteiger charge is 2.18. The lowest BCUT2D eigenvalue weighted by molar-refractivity contribution is 0.102. The number of aromatic nitrogens is 3. The number of oxazole rings is 1. The zero-order chi connectivity index (χ0) is 16.5. The Morgan fingerprint density at radius 2 is 2.38 bits per heavy atom. The molecule has 124 valence electrons. The van der Waals surface area contributed by atoms with Crippen molar-refractivity contribution in [2.45, 2.75) is 13.0 Å². The summed E-state index contributed by atoms with van der Waals surface area (Å²) in [5.74, 6) is 0.881. The normalized spacial score (nSPS) is 17.4. The van der Waals surface area contributed by atoms with Gasteiger partial charge in [0.2, 0.25) is 0 Å². The van der Waals surface area contributed by atoms with Gasteiger partial charge in [-0.25, -0.2) is 4.68 Å². The number of rotatable bonds is 4. The molecule has 1 aromatic carbocycles. The summed E-state index contributed by atoms with van der Waals surface area (Å²) < 4.78 is 12.5. The van der Waals surface area contributed by atoms with Gasteiger partial charge in [0.1, 0.15) is 5.82 Å². The number of carbonyl (C=O) groups excluding carboxylic acids is 1. The van der Waals surface area contributed by atoms with Crippen molar-refractivity contribution in [1.82, 2.24) is 14.8 Å². The molecule has 3 aromatic rings. The minimum Gasteiger partial charge on any atom is -0.429 e. The van der Waals surface area contributed by atoms with Crippen molar-refractivity contribution in [3.63, 3.8) is 0 Å². The molecule has 1 atom stereocenters. The Bertz CT molecular complexity index is 936. The van der Waals surface area contributed by atoms with Gasteiger partial charge in [0.05, 0.1) is 18.3 Å². The molecule has 1 fully saturated rings. The summed E-state index contributed by atoms with van der Waals surface area (Å²) >= 11 is 4.96. The zero-order valence-corrected chi connectivity index (χ0v) is 13.6. The molecule has 0 radical (unpaired) electrons. The van der Waals surface area contributed by atoms with Crippen LogP contribution in [0.5, 0.6) is 0 Å². The first kappa shape index (κ1) is 15.1. The first-order chi connectivity index (χ1) is 11.7. The third-order valence-corrected chi connectivity index (χ3v) is 4.28. The molecule has 0 saturated carbocycles. The molecule has 3 heterocycles. The van der Waals surface area contributed by atoms with E-state index < -0.39 is 0 Å². The molecule has 1 amide bonds. The van der Waals surface area contributed by atoms with Crippen LogP contribution in [0.15, 0.2) is 34.9 Å². The highest BCUT2D eigenvalue weighted by Crippen LogP contribution is 2.19. The SMILES string of the molecule is O=C(Nc1ccnn1CC1CCOC1)c1ccc2[nH]c(=S)oc2c1. The summed E-state index contributed by atoms with van der Waals surface area (Å²) in [5.41, 5.74) is 1.82. The average molecular weight is 344 g/mol. The van der Waals surface area contributed by atoms with E-state index in [1.165, 1.54) is 0 Å². The van der Waals surface area contributed by atoms with E-state index in [1.807, 2.05) is 0 Å². The van der Waals surface area contributed by atoms with Crippen LogP contribution in [0.4, 0.5) is 5.82 Å². The number of aromatic amines is 1. The molecule has 7 nitrogen and oxygen atoms in total. The Hall–Kier alpha value is -2.45. The van der Waals surface area contributed by atoms with E-state index in [-0.39, 0.29) is 5.91 Å². The number of nitrogens with zero attached hydrogens (tertiary/aromatic N) is 2. The predicted octanol–water partition coefficient (Wildman–Crippen LogP) is 2.98. The molecule has 0 aliphatic carbocycles. The summed E-state index contributed by atoms with van der Waals surface area (Å²) in [6.45, 7) is 2.26. The molecule has 0 bridgehead atoms. The highest BCUT2D eigenvalue weighted by atomic mass is 32.1. The number of benzene rings is 1. The number of anilines is 1. The lowest BCUT2D eigenvalue weighted by atomic mass is 10.1. The van der Waals surface area contributed by atoms with Crippen molar-refractivity contribution in [3.8, 4) is 0 Å². The van der Waals surface area contributed by atoms with Gasteiger partial charge in [-0.05, 0) is 36.8 Å². The van der Waals surface area contributed by atoms with Crippen molar-refractivity contribution < 1.29 is 13.9 Å². The number of hydrogen-bond acceptors (Lipinski definition) is 5. The Kier molecular flexibility index (Phi) is 3.91. The quantitative estimate of drug-likeness (QED) is 0.711. The molecule has 1 aliphatic rings. The molecular weight excluding hydrogens is 328 g/mol.